The molecule has 2 aliphatic rings. The maximum absolute atomic E-state index is 4.54. The topological polar surface area (TPSA) is 32.3 Å². The van der Waals surface area contributed by atoms with Gasteiger partial charge in [0.25, 0.3) is 0 Å². The fraction of sp³-hybridized carbons (Fsp3) is 0.176. The zero-order valence-corrected chi connectivity index (χ0v) is 11.7. The van der Waals surface area contributed by atoms with E-state index in [1.165, 1.54) is 5.70 Å². The highest BCUT2D eigenvalue weighted by molar-refractivity contribution is 5.78. The molecular formula is C17H16N4. The van der Waals surface area contributed by atoms with Crippen molar-refractivity contribution in [1.29, 1.82) is 0 Å². The Hall–Kier alpha value is -2.62. The zero-order chi connectivity index (χ0) is 14.1. The molecule has 0 bridgehead atoms. The van der Waals surface area contributed by atoms with Gasteiger partial charge in [-0.3, -0.25) is 0 Å². The maximum Gasteiger partial charge on any atom is 0.178 e. The molecule has 0 unspecified atom stereocenters. The first kappa shape index (κ1) is 12.1. The van der Waals surface area contributed by atoms with Crippen LogP contribution in [0.3, 0.4) is 0 Å². The van der Waals surface area contributed by atoms with Crippen molar-refractivity contribution in [2.45, 2.75) is 12.8 Å². The van der Waals surface area contributed by atoms with Gasteiger partial charge in [0, 0.05) is 23.8 Å². The molecule has 0 N–H and O–H groups in total. The van der Waals surface area contributed by atoms with Crippen LogP contribution in [0.5, 0.6) is 0 Å². The fourth-order valence-electron chi connectivity index (χ4n) is 2.80. The van der Waals surface area contributed by atoms with Crippen molar-refractivity contribution in [3.05, 3.63) is 66.7 Å². The average Bonchev–Trinajstić information content (AvgIpc) is 2.96. The number of hydrogen-bond donors (Lipinski definition) is 0. The lowest BCUT2D eigenvalue weighted by Crippen LogP contribution is -2.27. The van der Waals surface area contributed by atoms with E-state index in [0.717, 1.165) is 36.8 Å². The number of para-hydroxylation sites is 1. The number of hydrogen-bond acceptors (Lipinski definition) is 4. The second kappa shape index (κ2) is 5.05. The Balaban J connectivity index is 1.77. The monoisotopic (exact) mass is 276 g/mol. The van der Waals surface area contributed by atoms with Crippen LogP contribution in [0, 0.1) is 0 Å². The summed E-state index contributed by atoms with van der Waals surface area (Å²) in [4.78, 5) is 13.5. The van der Waals surface area contributed by atoms with E-state index in [4.69, 9.17) is 0 Å². The third-order valence-corrected chi connectivity index (χ3v) is 3.81. The van der Waals surface area contributed by atoms with Gasteiger partial charge in [-0.05, 0) is 31.1 Å². The van der Waals surface area contributed by atoms with Crippen LogP contribution in [0.25, 0.3) is 0 Å². The summed E-state index contributed by atoms with van der Waals surface area (Å²) < 4.78 is 0. The Bertz CT molecular complexity index is 706. The van der Waals surface area contributed by atoms with Crippen LogP contribution in [0.15, 0.2) is 66.7 Å². The van der Waals surface area contributed by atoms with Gasteiger partial charge >= 0.3 is 0 Å². The molecule has 0 saturated carbocycles. The number of allylic oxidation sites excluding steroid dienone is 3. The molecule has 0 radical (unpaired) electrons. The summed E-state index contributed by atoms with van der Waals surface area (Å²) in [5.74, 6) is 1.85. The van der Waals surface area contributed by atoms with Crippen molar-refractivity contribution < 1.29 is 0 Å². The average molecular weight is 276 g/mol. The molecule has 1 aliphatic carbocycles. The SMILES string of the molecule is C1=CC(N2CN(c3ccccc3)c3nccnc32)=CCC1. The molecule has 0 amide bonds. The van der Waals surface area contributed by atoms with E-state index in [9.17, 15) is 0 Å². The fourth-order valence-corrected chi connectivity index (χ4v) is 2.80. The van der Waals surface area contributed by atoms with E-state index in [1.807, 2.05) is 18.2 Å². The van der Waals surface area contributed by atoms with Gasteiger partial charge in [-0.1, -0.05) is 30.4 Å². The molecule has 1 aromatic heterocycles. The minimum absolute atomic E-state index is 0.750. The lowest BCUT2D eigenvalue weighted by molar-refractivity contribution is 0.911. The summed E-state index contributed by atoms with van der Waals surface area (Å²) in [7, 11) is 0. The number of benzene rings is 1. The molecule has 0 fully saturated rings. The van der Waals surface area contributed by atoms with E-state index in [1.54, 1.807) is 12.4 Å². The summed E-state index contributed by atoms with van der Waals surface area (Å²) in [6, 6.07) is 10.3. The second-order valence-corrected chi connectivity index (χ2v) is 5.15. The predicted molar refractivity (Wildman–Crippen MR) is 84.4 cm³/mol. The maximum atomic E-state index is 4.54. The van der Waals surface area contributed by atoms with E-state index in [0.29, 0.717) is 0 Å². The first-order valence-corrected chi connectivity index (χ1v) is 7.21. The van der Waals surface area contributed by atoms with Gasteiger partial charge in [0.1, 0.15) is 6.67 Å². The quantitative estimate of drug-likeness (QED) is 0.838. The number of aromatic nitrogens is 2. The molecule has 2 aromatic rings. The van der Waals surface area contributed by atoms with Crippen LogP contribution >= 0.6 is 0 Å². The van der Waals surface area contributed by atoms with E-state index in [2.05, 4.69) is 50.1 Å². The third-order valence-electron chi connectivity index (χ3n) is 3.81. The minimum atomic E-state index is 0.750. The minimum Gasteiger partial charge on any atom is -0.305 e. The Morgan fingerprint density at radius 1 is 0.857 bits per heavy atom. The van der Waals surface area contributed by atoms with Crippen LogP contribution in [0.2, 0.25) is 0 Å². The van der Waals surface area contributed by atoms with Gasteiger partial charge in [0.15, 0.2) is 11.6 Å². The molecule has 21 heavy (non-hydrogen) atoms. The second-order valence-electron chi connectivity index (χ2n) is 5.15. The first-order chi connectivity index (χ1) is 10.4. The number of anilines is 3. The smallest absolute Gasteiger partial charge is 0.178 e. The van der Waals surface area contributed by atoms with Crippen molar-refractivity contribution in [2.24, 2.45) is 0 Å². The molecule has 1 aromatic carbocycles. The molecule has 104 valence electrons. The van der Waals surface area contributed by atoms with Gasteiger partial charge in [-0.15, -0.1) is 0 Å². The predicted octanol–water partition coefficient (Wildman–Crippen LogP) is 3.63. The van der Waals surface area contributed by atoms with Crippen LogP contribution < -0.4 is 9.80 Å². The Labute approximate surface area is 124 Å². The standard InChI is InChI=1S/C17H16N4/c1-3-7-14(8-4-1)20-13-21(15-9-5-2-6-10-15)17-16(20)18-11-12-19-17/h1,3-5,7-12H,2,6,13H2. The summed E-state index contributed by atoms with van der Waals surface area (Å²) in [5, 5.41) is 0. The molecular weight excluding hydrogens is 260 g/mol. The normalized spacial score (nSPS) is 16.9. The number of nitrogens with zero attached hydrogens (tertiary/aromatic N) is 4. The Morgan fingerprint density at radius 2 is 1.62 bits per heavy atom. The highest BCUT2D eigenvalue weighted by Gasteiger charge is 2.30. The number of fused-ring (bicyclic) bond motifs is 1. The van der Waals surface area contributed by atoms with Crippen molar-refractivity contribution in [3.63, 3.8) is 0 Å². The molecule has 4 nitrogen and oxygen atoms in total. The lowest BCUT2D eigenvalue weighted by Gasteiger charge is -2.22. The van der Waals surface area contributed by atoms with Gasteiger partial charge in [-0.25, -0.2) is 9.97 Å². The summed E-state index contributed by atoms with van der Waals surface area (Å²) in [6.45, 7) is 0.750. The summed E-state index contributed by atoms with van der Waals surface area (Å²) >= 11 is 0. The number of rotatable bonds is 2. The molecule has 4 heteroatoms. The highest BCUT2D eigenvalue weighted by Crippen LogP contribution is 2.39. The molecule has 0 saturated heterocycles. The largest absolute Gasteiger partial charge is 0.305 e. The highest BCUT2D eigenvalue weighted by atomic mass is 15.4. The van der Waals surface area contributed by atoms with Crippen molar-refractivity contribution in [2.75, 3.05) is 16.5 Å². The van der Waals surface area contributed by atoms with Crippen LogP contribution in [-0.2, 0) is 0 Å². The van der Waals surface area contributed by atoms with E-state index in [-0.39, 0.29) is 0 Å². The first-order valence-electron chi connectivity index (χ1n) is 7.21. The van der Waals surface area contributed by atoms with Crippen molar-refractivity contribution >= 4 is 17.3 Å². The Kier molecular flexibility index (Phi) is 2.92. The molecule has 0 spiro atoms. The van der Waals surface area contributed by atoms with Gasteiger partial charge < -0.3 is 9.80 Å². The Morgan fingerprint density at radius 3 is 2.33 bits per heavy atom. The summed E-state index contributed by atoms with van der Waals surface area (Å²) in [6.07, 6.45) is 12.4. The van der Waals surface area contributed by atoms with Gasteiger partial charge in [0.2, 0.25) is 0 Å². The summed E-state index contributed by atoms with van der Waals surface area (Å²) in [5.41, 5.74) is 2.35. The molecule has 2 heterocycles. The van der Waals surface area contributed by atoms with Crippen LogP contribution in [0.4, 0.5) is 17.3 Å². The lowest BCUT2D eigenvalue weighted by atomic mass is 10.1. The molecule has 1 aliphatic heterocycles. The van der Waals surface area contributed by atoms with Gasteiger partial charge in [-0.2, -0.15) is 0 Å². The molecule has 4 rings (SSSR count). The zero-order valence-electron chi connectivity index (χ0n) is 11.7. The van der Waals surface area contributed by atoms with Crippen molar-refractivity contribution in [1.82, 2.24) is 9.97 Å². The van der Waals surface area contributed by atoms with Gasteiger partial charge in [0.05, 0.1) is 0 Å². The third kappa shape index (κ3) is 2.09. The van der Waals surface area contributed by atoms with E-state index < -0.39 is 0 Å². The van der Waals surface area contributed by atoms with E-state index >= 15 is 0 Å². The molecule has 0 atom stereocenters. The van der Waals surface area contributed by atoms with Crippen LogP contribution in [-0.4, -0.2) is 16.6 Å². The van der Waals surface area contributed by atoms with Crippen LogP contribution in [0.1, 0.15) is 12.8 Å². The van der Waals surface area contributed by atoms with Crippen molar-refractivity contribution in [3.8, 4) is 0 Å².